The van der Waals surface area contributed by atoms with E-state index in [1.165, 1.54) is 0 Å². The smallest absolute Gasteiger partial charge is 0.265 e. The first-order chi connectivity index (χ1) is 14.4. The van der Waals surface area contributed by atoms with Gasteiger partial charge in [0.1, 0.15) is 5.75 Å². The van der Waals surface area contributed by atoms with Gasteiger partial charge in [-0.2, -0.15) is 0 Å². The third-order valence-electron chi connectivity index (χ3n) is 5.48. The molecule has 0 atom stereocenters. The van der Waals surface area contributed by atoms with Crippen LogP contribution >= 0.6 is 0 Å². The van der Waals surface area contributed by atoms with E-state index < -0.39 is 0 Å². The Morgan fingerprint density at radius 1 is 1.03 bits per heavy atom. The summed E-state index contributed by atoms with van der Waals surface area (Å²) in [5.74, 6) is 0.250. The van der Waals surface area contributed by atoms with Gasteiger partial charge in [0, 0.05) is 11.3 Å². The van der Waals surface area contributed by atoms with Crippen LogP contribution in [0.5, 0.6) is 5.75 Å². The summed E-state index contributed by atoms with van der Waals surface area (Å²) in [6.07, 6.45) is 0. The largest absolute Gasteiger partial charge is 0.482 e. The molecule has 3 aromatic rings. The van der Waals surface area contributed by atoms with Gasteiger partial charge in [0.05, 0.1) is 12.2 Å². The lowest BCUT2D eigenvalue weighted by Gasteiger charge is -2.30. The van der Waals surface area contributed by atoms with Crippen LogP contribution in [0, 0.1) is 20.8 Å². The van der Waals surface area contributed by atoms with Crippen molar-refractivity contribution in [2.24, 2.45) is 0 Å². The third kappa shape index (κ3) is 3.92. The summed E-state index contributed by atoms with van der Waals surface area (Å²) >= 11 is 0. The predicted molar refractivity (Wildman–Crippen MR) is 118 cm³/mol. The second kappa shape index (κ2) is 8.03. The lowest BCUT2D eigenvalue weighted by molar-refractivity contribution is -0.121. The molecule has 1 N–H and O–H groups in total. The first-order valence-corrected chi connectivity index (χ1v) is 9.93. The Kier molecular flexibility index (Phi) is 5.27. The van der Waals surface area contributed by atoms with Crippen LogP contribution in [0.3, 0.4) is 0 Å². The molecule has 1 heterocycles. The molecule has 2 amide bonds. The number of nitrogens with one attached hydrogen (secondary N) is 1. The minimum absolute atomic E-state index is 0.00705. The molecule has 1 aliphatic rings. The summed E-state index contributed by atoms with van der Waals surface area (Å²) < 4.78 is 5.59. The fourth-order valence-electron chi connectivity index (χ4n) is 3.47. The monoisotopic (exact) mass is 400 g/mol. The number of ether oxygens (including phenoxy) is 1. The van der Waals surface area contributed by atoms with Crippen LogP contribution in [-0.2, 0) is 11.3 Å². The van der Waals surface area contributed by atoms with E-state index in [1.54, 1.807) is 23.1 Å². The first-order valence-electron chi connectivity index (χ1n) is 9.93. The predicted octanol–water partition coefficient (Wildman–Crippen LogP) is 4.79. The molecule has 3 aromatic carbocycles. The second-order valence-electron chi connectivity index (χ2n) is 7.64. The number of rotatable bonds is 4. The maximum atomic E-state index is 12.9. The van der Waals surface area contributed by atoms with Gasteiger partial charge in [0.2, 0.25) is 0 Å². The molecule has 0 saturated carbocycles. The maximum Gasteiger partial charge on any atom is 0.265 e. The van der Waals surface area contributed by atoms with Gasteiger partial charge < -0.3 is 15.0 Å². The van der Waals surface area contributed by atoms with Crippen LogP contribution < -0.4 is 15.0 Å². The van der Waals surface area contributed by atoms with Gasteiger partial charge in [-0.25, -0.2) is 0 Å². The number of benzene rings is 3. The number of hydrogen-bond acceptors (Lipinski definition) is 3. The molecule has 0 saturated heterocycles. The standard InChI is InChI=1S/C25H24N2O3/c1-16-7-9-19(10-8-16)14-27-22-13-20(11-12-23(22)30-15-24(27)28)25(29)26-21-6-4-5-17(2)18(21)3/h4-13H,14-15H2,1-3H3,(H,26,29). The van der Waals surface area contributed by atoms with E-state index in [1.807, 2.05) is 63.2 Å². The molecule has 0 radical (unpaired) electrons. The summed E-state index contributed by atoms with van der Waals surface area (Å²) in [5, 5.41) is 2.97. The molecule has 5 nitrogen and oxygen atoms in total. The Balaban J connectivity index is 1.62. The molecule has 0 unspecified atom stereocenters. The average Bonchev–Trinajstić information content (AvgIpc) is 2.74. The Hall–Kier alpha value is -3.60. The zero-order valence-electron chi connectivity index (χ0n) is 17.4. The number of amides is 2. The number of nitrogens with zero attached hydrogens (tertiary/aromatic N) is 1. The van der Waals surface area contributed by atoms with Gasteiger partial charge in [-0.05, 0) is 61.7 Å². The number of carbonyl (C=O) groups is 2. The van der Waals surface area contributed by atoms with Crippen LogP contribution in [0.1, 0.15) is 32.6 Å². The van der Waals surface area contributed by atoms with Crippen molar-refractivity contribution in [3.63, 3.8) is 0 Å². The second-order valence-corrected chi connectivity index (χ2v) is 7.64. The van der Waals surface area contributed by atoms with Crippen molar-refractivity contribution in [1.29, 1.82) is 0 Å². The Bertz CT molecular complexity index is 1120. The fraction of sp³-hybridized carbons (Fsp3) is 0.200. The molecule has 30 heavy (non-hydrogen) atoms. The van der Waals surface area contributed by atoms with Crippen molar-refractivity contribution in [3.8, 4) is 5.75 Å². The van der Waals surface area contributed by atoms with Crippen LogP contribution in [0.4, 0.5) is 11.4 Å². The van der Waals surface area contributed by atoms with E-state index in [0.29, 0.717) is 23.5 Å². The van der Waals surface area contributed by atoms with Gasteiger partial charge in [-0.3, -0.25) is 9.59 Å². The van der Waals surface area contributed by atoms with Gasteiger partial charge in [0.25, 0.3) is 11.8 Å². The molecular weight excluding hydrogens is 376 g/mol. The molecule has 0 aromatic heterocycles. The van der Waals surface area contributed by atoms with Crippen LogP contribution in [-0.4, -0.2) is 18.4 Å². The van der Waals surface area contributed by atoms with Crippen LogP contribution in [0.25, 0.3) is 0 Å². The molecule has 0 bridgehead atoms. The minimum atomic E-state index is -0.222. The van der Waals surface area contributed by atoms with E-state index >= 15 is 0 Å². The number of carbonyl (C=O) groups excluding carboxylic acids is 2. The highest BCUT2D eigenvalue weighted by molar-refractivity contribution is 6.07. The molecular formula is C25H24N2O3. The normalized spacial score (nSPS) is 12.9. The Morgan fingerprint density at radius 3 is 2.57 bits per heavy atom. The van der Waals surface area contributed by atoms with Crippen molar-refractivity contribution in [2.75, 3.05) is 16.8 Å². The van der Waals surface area contributed by atoms with E-state index in [4.69, 9.17) is 4.74 Å². The van der Waals surface area contributed by atoms with E-state index in [2.05, 4.69) is 5.32 Å². The highest BCUT2D eigenvalue weighted by Crippen LogP contribution is 2.34. The zero-order chi connectivity index (χ0) is 21.3. The molecule has 0 fully saturated rings. The van der Waals surface area contributed by atoms with Crippen molar-refractivity contribution in [1.82, 2.24) is 0 Å². The zero-order valence-corrected chi connectivity index (χ0v) is 17.4. The van der Waals surface area contributed by atoms with Crippen molar-refractivity contribution in [3.05, 3.63) is 88.5 Å². The summed E-state index contributed by atoms with van der Waals surface area (Å²) in [6.45, 7) is 6.44. The number of fused-ring (bicyclic) bond motifs is 1. The fourth-order valence-corrected chi connectivity index (χ4v) is 3.47. The Labute approximate surface area is 176 Å². The Morgan fingerprint density at radius 2 is 1.80 bits per heavy atom. The highest BCUT2D eigenvalue weighted by Gasteiger charge is 2.27. The van der Waals surface area contributed by atoms with Crippen molar-refractivity contribution >= 4 is 23.2 Å². The quantitative estimate of drug-likeness (QED) is 0.685. The van der Waals surface area contributed by atoms with Gasteiger partial charge in [-0.15, -0.1) is 0 Å². The number of aryl methyl sites for hydroxylation is 2. The molecule has 1 aliphatic heterocycles. The first kappa shape index (κ1) is 19.7. The van der Waals surface area contributed by atoms with Gasteiger partial charge in [0.15, 0.2) is 6.61 Å². The highest BCUT2D eigenvalue weighted by atomic mass is 16.5. The molecule has 4 rings (SSSR count). The summed E-state index contributed by atoms with van der Waals surface area (Å²) in [6, 6.07) is 19.1. The minimum Gasteiger partial charge on any atom is -0.482 e. The summed E-state index contributed by atoms with van der Waals surface area (Å²) in [5.41, 5.74) is 6.19. The molecule has 152 valence electrons. The van der Waals surface area contributed by atoms with Crippen LogP contribution in [0.15, 0.2) is 60.7 Å². The van der Waals surface area contributed by atoms with E-state index in [9.17, 15) is 9.59 Å². The topological polar surface area (TPSA) is 58.6 Å². The van der Waals surface area contributed by atoms with Gasteiger partial charge in [-0.1, -0.05) is 42.0 Å². The van der Waals surface area contributed by atoms with Crippen LogP contribution in [0.2, 0.25) is 0 Å². The number of anilines is 2. The van der Waals surface area contributed by atoms with E-state index in [0.717, 1.165) is 27.9 Å². The lowest BCUT2D eigenvalue weighted by Crippen LogP contribution is -2.38. The van der Waals surface area contributed by atoms with E-state index in [-0.39, 0.29) is 18.4 Å². The molecule has 0 spiro atoms. The maximum absolute atomic E-state index is 12.9. The average molecular weight is 400 g/mol. The van der Waals surface area contributed by atoms with Gasteiger partial charge >= 0.3 is 0 Å². The van der Waals surface area contributed by atoms with Crippen molar-refractivity contribution < 1.29 is 14.3 Å². The molecule has 5 heteroatoms. The lowest BCUT2D eigenvalue weighted by atomic mass is 10.1. The SMILES string of the molecule is Cc1ccc(CN2C(=O)COc3ccc(C(=O)Nc4cccc(C)c4C)cc32)cc1. The number of hydrogen-bond donors (Lipinski definition) is 1. The van der Waals surface area contributed by atoms with Crippen molar-refractivity contribution in [2.45, 2.75) is 27.3 Å². The molecule has 0 aliphatic carbocycles. The summed E-state index contributed by atoms with van der Waals surface area (Å²) in [4.78, 5) is 27.2. The third-order valence-corrected chi connectivity index (χ3v) is 5.48. The summed E-state index contributed by atoms with van der Waals surface area (Å²) in [7, 11) is 0.